The fourth-order valence-electron chi connectivity index (χ4n) is 1.53. The van der Waals surface area contributed by atoms with Crippen LogP contribution in [0, 0.1) is 0 Å². The van der Waals surface area contributed by atoms with E-state index in [2.05, 4.69) is 10.3 Å². The molecule has 1 N–H and O–H groups in total. The van der Waals surface area contributed by atoms with Gasteiger partial charge in [-0.05, 0) is 6.92 Å². The first-order valence-corrected chi connectivity index (χ1v) is 7.81. The van der Waals surface area contributed by atoms with Crippen molar-refractivity contribution >= 4 is 45.3 Å². The highest BCUT2D eigenvalue weighted by molar-refractivity contribution is 8.13. The molecule has 2 amide bonds. The number of aromatic nitrogens is 1. The van der Waals surface area contributed by atoms with E-state index >= 15 is 0 Å². The molecule has 0 saturated carbocycles. The highest BCUT2D eigenvalue weighted by Gasteiger charge is 2.23. The van der Waals surface area contributed by atoms with Crippen LogP contribution in [0.4, 0.5) is 9.93 Å². The van der Waals surface area contributed by atoms with E-state index in [9.17, 15) is 14.4 Å². The minimum Gasteiger partial charge on any atom is -0.461 e. The number of thiazole rings is 1. The lowest BCUT2D eigenvalue weighted by Crippen LogP contribution is -2.33. The number of thioether (sulfide) groups is 1. The molecule has 1 aliphatic rings. The summed E-state index contributed by atoms with van der Waals surface area (Å²) in [6.07, 6.45) is 0. The first kappa shape index (κ1) is 14.8. The number of hydrogen-bond acceptors (Lipinski definition) is 7. The summed E-state index contributed by atoms with van der Waals surface area (Å²) in [6.45, 7) is 2.55. The molecule has 0 atom stereocenters. The normalized spacial score (nSPS) is 14.4. The van der Waals surface area contributed by atoms with Gasteiger partial charge in [0.15, 0.2) is 10.8 Å². The van der Waals surface area contributed by atoms with Crippen molar-refractivity contribution in [2.45, 2.75) is 6.92 Å². The number of nitrogens with zero attached hydrogens (tertiary/aromatic N) is 2. The number of esters is 1. The van der Waals surface area contributed by atoms with E-state index in [4.69, 9.17) is 4.74 Å². The average Bonchev–Trinajstić information content (AvgIpc) is 3.00. The highest BCUT2D eigenvalue weighted by Crippen LogP contribution is 2.18. The number of anilines is 1. The summed E-state index contributed by atoms with van der Waals surface area (Å²) in [5, 5.41) is 4.31. The Labute approximate surface area is 123 Å². The van der Waals surface area contributed by atoms with Crippen molar-refractivity contribution in [1.29, 1.82) is 0 Å². The molecule has 0 unspecified atom stereocenters. The quantitative estimate of drug-likeness (QED) is 0.827. The molecule has 108 valence electrons. The molecular weight excluding hydrogens is 302 g/mol. The van der Waals surface area contributed by atoms with Crippen LogP contribution in [-0.4, -0.2) is 52.4 Å². The van der Waals surface area contributed by atoms with Gasteiger partial charge in [-0.25, -0.2) is 9.78 Å². The van der Waals surface area contributed by atoms with Crippen LogP contribution in [-0.2, 0) is 9.53 Å². The molecule has 1 saturated heterocycles. The SMILES string of the molecule is CCOC(=O)c1csc(NC(=O)CN2CCSC2=O)n1. The number of rotatable bonds is 5. The van der Waals surface area contributed by atoms with Gasteiger partial charge in [0.1, 0.15) is 6.54 Å². The van der Waals surface area contributed by atoms with Gasteiger partial charge in [-0.15, -0.1) is 11.3 Å². The summed E-state index contributed by atoms with van der Waals surface area (Å²) < 4.78 is 4.80. The zero-order chi connectivity index (χ0) is 14.5. The molecule has 1 aromatic heterocycles. The van der Waals surface area contributed by atoms with E-state index in [-0.39, 0.29) is 30.0 Å². The molecule has 1 aliphatic heterocycles. The molecule has 2 heterocycles. The molecule has 1 aromatic rings. The molecule has 9 heteroatoms. The molecule has 1 fully saturated rings. The van der Waals surface area contributed by atoms with Crippen molar-refractivity contribution < 1.29 is 19.1 Å². The number of carbonyl (C=O) groups excluding carboxylic acids is 3. The van der Waals surface area contributed by atoms with Crippen molar-refractivity contribution in [2.75, 3.05) is 30.8 Å². The number of carbonyl (C=O) groups is 3. The first-order chi connectivity index (χ1) is 9.60. The van der Waals surface area contributed by atoms with Crippen LogP contribution in [0.1, 0.15) is 17.4 Å². The maximum atomic E-state index is 11.8. The standard InChI is InChI=1S/C11H13N3O4S2/c1-2-18-9(16)7-6-20-10(12-7)13-8(15)5-14-3-4-19-11(14)17/h6H,2-5H2,1H3,(H,12,13,15). The highest BCUT2D eigenvalue weighted by atomic mass is 32.2. The topological polar surface area (TPSA) is 88.6 Å². The summed E-state index contributed by atoms with van der Waals surface area (Å²) >= 11 is 2.34. The molecule has 20 heavy (non-hydrogen) atoms. The predicted molar refractivity (Wildman–Crippen MR) is 76.1 cm³/mol. The third-order valence-electron chi connectivity index (χ3n) is 2.41. The summed E-state index contributed by atoms with van der Waals surface area (Å²) in [6, 6.07) is 0. The number of ether oxygens (including phenoxy) is 1. The van der Waals surface area contributed by atoms with E-state index in [0.717, 1.165) is 11.3 Å². The minimum atomic E-state index is -0.518. The Morgan fingerprint density at radius 3 is 3.00 bits per heavy atom. The molecule has 0 radical (unpaired) electrons. The third kappa shape index (κ3) is 3.70. The van der Waals surface area contributed by atoms with Gasteiger partial charge in [-0.1, -0.05) is 11.8 Å². The fourth-order valence-corrected chi connectivity index (χ4v) is 3.05. The van der Waals surface area contributed by atoms with Crippen LogP contribution >= 0.6 is 23.1 Å². The minimum absolute atomic E-state index is 0.000152. The Morgan fingerprint density at radius 1 is 1.55 bits per heavy atom. The maximum absolute atomic E-state index is 11.8. The number of amides is 2. The van der Waals surface area contributed by atoms with Gasteiger partial charge in [-0.2, -0.15) is 0 Å². The summed E-state index contributed by atoms with van der Waals surface area (Å²) in [7, 11) is 0. The molecule has 0 bridgehead atoms. The first-order valence-electron chi connectivity index (χ1n) is 5.94. The van der Waals surface area contributed by atoms with Crippen molar-refractivity contribution in [3.05, 3.63) is 11.1 Å². The van der Waals surface area contributed by atoms with Crippen molar-refractivity contribution in [3.8, 4) is 0 Å². The van der Waals surface area contributed by atoms with Crippen LogP contribution in [0.2, 0.25) is 0 Å². The van der Waals surface area contributed by atoms with Crippen LogP contribution in [0.5, 0.6) is 0 Å². The number of hydrogen-bond donors (Lipinski definition) is 1. The second kappa shape index (κ2) is 6.71. The predicted octanol–water partition coefficient (Wildman–Crippen LogP) is 1.43. The van der Waals surface area contributed by atoms with Gasteiger partial charge < -0.3 is 15.0 Å². The van der Waals surface area contributed by atoms with Gasteiger partial charge >= 0.3 is 5.97 Å². The lowest BCUT2D eigenvalue weighted by molar-refractivity contribution is -0.116. The molecule has 7 nitrogen and oxygen atoms in total. The molecule has 0 aliphatic carbocycles. The van der Waals surface area contributed by atoms with E-state index in [1.54, 1.807) is 6.92 Å². The second-order valence-electron chi connectivity index (χ2n) is 3.84. The Morgan fingerprint density at radius 2 is 2.35 bits per heavy atom. The van der Waals surface area contributed by atoms with E-state index in [1.165, 1.54) is 22.0 Å². The van der Waals surface area contributed by atoms with Gasteiger partial charge in [-0.3, -0.25) is 9.59 Å². The molecule has 2 rings (SSSR count). The zero-order valence-electron chi connectivity index (χ0n) is 10.7. The summed E-state index contributed by atoms with van der Waals surface area (Å²) in [5.41, 5.74) is 0.167. The van der Waals surface area contributed by atoms with Gasteiger partial charge in [0.25, 0.3) is 5.24 Å². The Kier molecular flexibility index (Phi) is 4.96. The van der Waals surface area contributed by atoms with Gasteiger partial charge in [0.05, 0.1) is 6.61 Å². The fraction of sp³-hybridized carbons (Fsp3) is 0.455. The van der Waals surface area contributed by atoms with Crippen LogP contribution < -0.4 is 5.32 Å². The van der Waals surface area contributed by atoms with E-state index in [1.807, 2.05) is 0 Å². The van der Waals surface area contributed by atoms with E-state index < -0.39 is 5.97 Å². The lowest BCUT2D eigenvalue weighted by atomic mass is 10.5. The Balaban J connectivity index is 1.88. The van der Waals surface area contributed by atoms with Gasteiger partial charge in [0, 0.05) is 17.7 Å². The zero-order valence-corrected chi connectivity index (χ0v) is 12.4. The van der Waals surface area contributed by atoms with Gasteiger partial charge in [0.2, 0.25) is 5.91 Å². The monoisotopic (exact) mass is 315 g/mol. The van der Waals surface area contributed by atoms with Crippen molar-refractivity contribution in [1.82, 2.24) is 9.88 Å². The second-order valence-corrected chi connectivity index (χ2v) is 5.75. The Bertz CT molecular complexity index is 531. The number of nitrogens with one attached hydrogen (secondary N) is 1. The van der Waals surface area contributed by atoms with Crippen LogP contribution in [0.25, 0.3) is 0 Å². The average molecular weight is 315 g/mol. The Hall–Kier alpha value is -1.61. The van der Waals surface area contributed by atoms with Crippen LogP contribution in [0.3, 0.4) is 0 Å². The smallest absolute Gasteiger partial charge is 0.357 e. The molecule has 0 spiro atoms. The van der Waals surface area contributed by atoms with Crippen molar-refractivity contribution in [2.24, 2.45) is 0 Å². The maximum Gasteiger partial charge on any atom is 0.357 e. The van der Waals surface area contributed by atoms with Crippen molar-refractivity contribution in [3.63, 3.8) is 0 Å². The lowest BCUT2D eigenvalue weighted by Gasteiger charge is -2.12. The third-order valence-corrected chi connectivity index (χ3v) is 4.06. The van der Waals surface area contributed by atoms with Crippen LogP contribution in [0.15, 0.2) is 5.38 Å². The summed E-state index contributed by atoms with van der Waals surface area (Å²) in [5.74, 6) is -0.142. The molecular formula is C11H13N3O4S2. The largest absolute Gasteiger partial charge is 0.461 e. The molecule has 0 aromatic carbocycles. The summed E-state index contributed by atoms with van der Waals surface area (Å²) in [4.78, 5) is 40.0. The van der Waals surface area contributed by atoms with E-state index in [0.29, 0.717) is 17.4 Å².